The van der Waals surface area contributed by atoms with Crippen molar-refractivity contribution in [2.24, 2.45) is 10.8 Å². The number of aliphatic carboxylic acids is 1. The first-order valence-corrected chi connectivity index (χ1v) is 3.90. The van der Waals surface area contributed by atoms with Crippen LogP contribution in [0.4, 0.5) is 0 Å². The van der Waals surface area contributed by atoms with Crippen molar-refractivity contribution < 1.29 is 19.5 Å². The lowest BCUT2D eigenvalue weighted by Crippen LogP contribution is -2.39. The van der Waals surface area contributed by atoms with Crippen LogP contribution >= 0.6 is 0 Å². The number of hydrogen-bond donors (Lipinski definition) is 2. The number of nitrogens with zero attached hydrogens (tertiary/aromatic N) is 2. The zero-order valence-corrected chi connectivity index (χ0v) is 7.27. The standard InChI is InChI=1S/C7H9N3O4/c8-5(11)3-10-6(12)2-1-4(9-10)7(13)14/h1-3H2,(H2,8,11)(H,13,14). The monoisotopic (exact) mass is 199 g/mol. The number of hydrogen-bond acceptors (Lipinski definition) is 4. The Hall–Kier alpha value is -1.92. The van der Waals surface area contributed by atoms with Crippen LogP contribution in [0.15, 0.2) is 5.10 Å². The maximum absolute atomic E-state index is 11.1. The molecule has 0 spiro atoms. The van der Waals surface area contributed by atoms with Crippen molar-refractivity contribution in [3.63, 3.8) is 0 Å². The van der Waals surface area contributed by atoms with E-state index in [0.717, 1.165) is 5.01 Å². The van der Waals surface area contributed by atoms with Crippen LogP contribution in [-0.2, 0) is 14.4 Å². The van der Waals surface area contributed by atoms with E-state index in [1.165, 1.54) is 0 Å². The fourth-order valence-electron chi connectivity index (χ4n) is 1.03. The average molecular weight is 199 g/mol. The SMILES string of the molecule is NC(=O)CN1N=C(C(=O)O)CCC1=O. The Labute approximate surface area is 79.2 Å². The maximum Gasteiger partial charge on any atom is 0.352 e. The highest BCUT2D eigenvalue weighted by atomic mass is 16.4. The second-order valence-electron chi connectivity index (χ2n) is 2.77. The van der Waals surface area contributed by atoms with Crippen molar-refractivity contribution in [2.45, 2.75) is 12.8 Å². The van der Waals surface area contributed by atoms with Crippen LogP contribution < -0.4 is 5.73 Å². The van der Waals surface area contributed by atoms with Gasteiger partial charge in [0, 0.05) is 12.8 Å². The third kappa shape index (κ3) is 2.28. The number of nitrogens with two attached hydrogens (primary N) is 1. The molecule has 1 heterocycles. The summed E-state index contributed by atoms with van der Waals surface area (Å²) in [6.07, 6.45) is 0.127. The van der Waals surface area contributed by atoms with Crippen molar-refractivity contribution >= 4 is 23.5 Å². The minimum atomic E-state index is -1.19. The van der Waals surface area contributed by atoms with Gasteiger partial charge in [-0.05, 0) is 0 Å². The topological polar surface area (TPSA) is 113 Å². The lowest BCUT2D eigenvalue weighted by atomic mass is 10.2. The van der Waals surface area contributed by atoms with E-state index in [-0.39, 0.29) is 25.1 Å². The van der Waals surface area contributed by atoms with Gasteiger partial charge in [-0.15, -0.1) is 0 Å². The van der Waals surface area contributed by atoms with Crippen LogP contribution in [0.25, 0.3) is 0 Å². The molecule has 1 aliphatic heterocycles. The molecule has 14 heavy (non-hydrogen) atoms. The maximum atomic E-state index is 11.1. The summed E-state index contributed by atoms with van der Waals surface area (Å²) < 4.78 is 0. The summed E-state index contributed by atoms with van der Waals surface area (Å²) in [5, 5.41) is 12.9. The molecule has 1 aliphatic rings. The van der Waals surface area contributed by atoms with Gasteiger partial charge in [0.15, 0.2) is 0 Å². The van der Waals surface area contributed by atoms with Crippen LogP contribution in [0, 0.1) is 0 Å². The molecule has 0 aliphatic carbocycles. The molecule has 0 aromatic rings. The highest BCUT2D eigenvalue weighted by molar-refractivity contribution is 6.36. The molecule has 0 radical (unpaired) electrons. The summed E-state index contributed by atoms with van der Waals surface area (Å²) in [6, 6.07) is 0. The molecule has 0 atom stereocenters. The predicted octanol–water partition coefficient (Wildman–Crippen LogP) is -1.47. The number of amides is 2. The van der Waals surface area contributed by atoms with Crippen LogP contribution in [0.3, 0.4) is 0 Å². The molecular formula is C7H9N3O4. The van der Waals surface area contributed by atoms with E-state index in [0.29, 0.717) is 0 Å². The first kappa shape index (κ1) is 10.2. The Bertz CT molecular complexity index is 323. The first-order chi connectivity index (χ1) is 6.50. The van der Waals surface area contributed by atoms with E-state index < -0.39 is 17.8 Å². The van der Waals surface area contributed by atoms with Gasteiger partial charge in [-0.25, -0.2) is 9.80 Å². The highest BCUT2D eigenvalue weighted by Crippen LogP contribution is 2.08. The van der Waals surface area contributed by atoms with Gasteiger partial charge in [-0.1, -0.05) is 0 Å². The molecule has 0 unspecified atom stereocenters. The van der Waals surface area contributed by atoms with Crippen molar-refractivity contribution in [1.29, 1.82) is 0 Å². The Kier molecular flexibility index (Phi) is 2.80. The Morgan fingerprint density at radius 2 is 2.14 bits per heavy atom. The van der Waals surface area contributed by atoms with E-state index >= 15 is 0 Å². The molecular weight excluding hydrogens is 190 g/mol. The molecule has 0 saturated carbocycles. The van der Waals surface area contributed by atoms with Crippen molar-refractivity contribution in [1.82, 2.24) is 5.01 Å². The van der Waals surface area contributed by atoms with Crippen LogP contribution in [0.1, 0.15) is 12.8 Å². The Morgan fingerprint density at radius 3 is 2.64 bits per heavy atom. The van der Waals surface area contributed by atoms with Crippen molar-refractivity contribution in [3.8, 4) is 0 Å². The van der Waals surface area contributed by atoms with Gasteiger partial charge in [-0.2, -0.15) is 5.10 Å². The molecule has 0 bridgehead atoms. The summed E-state index contributed by atoms with van der Waals surface area (Å²) in [6.45, 7) is -0.379. The van der Waals surface area contributed by atoms with E-state index in [1.807, 2.05) is 0 Å². The second kappa shape index (κ2) is 3.86. The number of carbonyl (C=O) groups is 3. The van der Waals surface area contributed by atoms with Gasteiger partial charge in [0.05, 0.1) is 0 Å². The number of carboxylic acid groups (broad SMARTS) is 1. The van der Waals surface area contributed by atoms with Gasteiger partial charge >= 0.3 is 5.97 Å². The lowest BCUT2D eigenvalue weighted by Gasteiger charge is -2.20. The number of hydrazone groups is 1. The van der Waals surface area contributed by atoms with Crippen LogP contribution in [0.2, 0.25) is 0 Å². The normalized spacial score (nSPS) is 16.4. The third-order valence-electron chi connectivity index (χ3n) is 1.66. The van der Waals surface area contributed by atoms with E-state index in [2.05, 4.69) is 5.10 Å². The quantitative estimate of drug-likeness (QED) is 0.577. The molecule has 0 saturated heterocycles. The fraction of sp³-hybridized carbons (Fsp3) is 0.429. The summed E-state index contributed by atoms with van der Waals surface area (Å²) >= 11 is 0. The zero-order valence-electron chi connectivity index (χ0n) is 7.27. The summed E-state index contributed by atoms with van der Waals surface area (Å²) in [5.74, 6) is -2.31. The smallest absolute Gasteiger partial charge is 0.352 e. The second-order valence-corrected chi connectivity index (χ2v) is 2.77. The molecule has 0 aromatic carbocycles. The van der Waals surface area contributed by atoms with Gasteiger partial charge in [-0.3, -0.25) is 9.59 Å². The summed E-state index contributed by atoms with van der Waals surface area (Å²) in [7, 11) is 0. The predicted molar refractivity (Wildman–Crippen MR) is 45.2 cm³/mol. The van der Waals surface area contributed by atoms with E-state index in [1.54, 1.807) is 0 Å². The molecule has 7 heteroatoms. The van der Waals surface area contributed by atoms with Gasteiger partial charge in [0.25, 0.3) is 0 Å². The van der Waals surface area contributed by atoms with Crippen molar-refractivity contribution in [2.75, 3.05) is 6.54 Å². The summed E-state index contributed by atoms with van der Waals surface area (Å²) in [4.78, 5) is 32.1. The molecule has 7 nitrogen and oxygen atoms in total. The minimum Gasteiger partial charge on any atom is -0.477 e. The molecule has 76 valence electrons. The number of carboxylic acids is 1. The third-order valence-corrected chi connectivity index (χ3v) is 1.66. The van der Waals surface area contributed by atoms with E-state index in [9.17, 15) is 14.4 Å². The molecule has 0 fully saturated rings. The van der Waals surface area contributed by atoms with Gasteiger partial charge < -0.3 is 10.8 Å². The van der Waals surface area contributed by atoms with Crippen molar-refractivity contribution in [3.05, 3.63) is 0 Å². The fourth-order valence-corrected chi connectivity index (χ4v) is 1.03. The van der Waals surface area contributed by atoms with Gasteiger partial charge in [0.2, 0.25) is 11.8 Å². The number of carbonyl (C=O) groups excluding carboxylic acids is 2. The number of primary amides is 1. The number of rotatable bonds is 3. The molecule has 0 aromatic heterocycles. The highest BCUT2D eigenvalue weighted by Gasteiger charge is 2.24. The largest absolute Gasteiger partial charge is 0.477 e. The Balaban J connectivity index is 2.80. The summed E-state index contributed by atoms with van der Waals surface area (Å²) in [5.41, 5.74) is 4.72. The first-order valence-electron chi connectivity index (χ1n) is 3.90. The van der Waals surface area contributed by atoms with Gasteiger partial charge in [0.1, 0.15) is 12.3 Å². The molecule has 3 N–H and O–H groups in total. The molecule has 1 rings (SSSR count). The van der Waals surface area contributed by atoms with Crippen LogP contribution in [0.5, 0.6) is 0 Å². The van der Waals surface area contributed by atoms with E-state index in [4.69, 9.17) is 10.8 Å². The Morgan fingerprint density at radius 1 is 1.50 bits per heavy atom. The minimum absolute atomic E-state index is 0.0401. The average Bonchev–Trinajstić information content (AvgIpc) is 2.07. The zero-order chi connectivity index (χ0) is 10.7. The van der Waals surface area contributed by atoms with Crippen LogP contribution in [-0.4, -0.2) is 40.2 Å². The molecule has 2 amide bonds. The lowest BCUT2D eigenvalue weighted by molar-refractivity contribution is -0.136.